The first-order valence-corrected chi connectivity index (χ1v) is 10.4. The summed E-state index contributed by atoms with van der Waals surface area (Å²) >= 11 is 0. The van der Waals surface area contributed by atoms with Crippen molar-refractivity contribution in [3.63, 3.8) is 0 Å². The summed E-state index contributed by atoms with van der Waals surface area (Å²) in [6.45, 7) is -0.453. The Kier molecular flexibility index (Phi) is 5.60. The van der Waals surface area contributed by atoms with Crippen LogP contribution in [0.15, 0.2) is 54.7 Å². The third-order valence-electron chi connectivity index (χ3n) is 4.41. The molecule has 0 aliphatic carbocycles. The maximum Gasteiger partial charge on any atom is 0.340 e. The molecular formula is C20H20N2O6S. The molecule has 0 radical (unpaired) electrons. The highest BCUT2D eigenvalue weighted by Gasteiger charge is 2.24. The van der Waals surface area contributed by atoms with Gasteiger partial charge in [0, 0.05) is 17.6 Å². The summed E-state index contributed by atoms with van der Waals surface area (Å²) in [5.41, 5.74) is 1.01. The van der Waals surface area contributed by atoms with Crippen molar-refractivity contribution in [2.75, 3.05) is 31.3 Å². The summed E-state index contributed by atoms with van der Waals surface area (Å²) in [7, 11) is -1.04. The van der Waals surface area contributed by atoms with E-state index in [2.05, 4.69) is 0 Å². The van der Waals surface area contributed by atoms with E-state index in [-0.39, 0.29) is 5.56 Å². The molecule has 0 bridgehead atoms. The number of carbonyl (C=O) groups excluding carboxylic acids is 2. The normalized spacial score (nSPS) is 11.3. The smallest absolute Gasteiger partial charge is 0.340 e. The molecule has 2 aromatic carbocycles. The van der Waals surface area contributed by atoms with Gasteiger partial charge in [0.2, 0.25) is 10.0 Å². The molecule has 0 aliphatic rings. The van der Waals surface area contributed by atoms with E-state index in [9.17, 15) is 18.0 Å². The lowest BCUT2D eigenvalue weighted by Gasteiger charge is -2.22. The van der Waals surface area contributed by atoms with E-state index in [1.165, 1.54) is 31.0 Å². The first-order chi connectivity index (χ1) is 13.8. The Morgan fingerprint density at radius 1 is 1.07 bits per heavy atom. The van der Waals surface area contributed by atoms with Crippen LogP contribution in [0, 0.1) is 0 Å². The third-order valence-corrected chi connectivity index (χ3v) is 5.55. The van der Waals surface area contributed by atoms with E-state index < -0.39 is 28.4 Å². The van der Waals surface area contributed by atoms with Gasteiger partial charge in [0.25, 0.3) is 5.91 Å². The molecule has 1 aromatic heterocycles. The van der Waals surface area contributed by atoms with Gasteiger partial charge in [-0.2, -0.15) is 0 Å². The highest BCUT2D eigenvalue weighted by Crippen LogP contribution is 2.25. The van der Waals surface area contributed by atoms with Gasteiger partial charge in [0.05, 0.1) is 37.2 Å². The van der Waals surface area contributed by atoms with Crippen molar-refractivity contribution in [1.82, 2.24) is 4.57 Å². The summed E-state index contributed by atoms with van der Waals surface area (Å²) in [6, 6.07) is 13.3. The number of esters is 1. The maximum absolute atomic E-state index is 13.0. The predicted octanol–water partition coefficient (Wildman–Crippen LogP) is 2.54. The van der Waals surface area contributed by atoms with Crippen molar-refractivity contribution in [3.05, 3.63) is 60.3 Å². The number of nitrogens with zero attached hydrogens (tertiary/aromatic N) is 2. The Balaban J connectivity index is 2.04. The molecule has 8 nitrogen and oxygen atoms in total. The van der Waals surface area contributed by atoms with Crippen molar-refractivity contribution in [3.8, 4) is 5.75 Å². The third kappa shape index (κ3) is 4.09. The van der Waals surface area contributed by atoms with Crippen molar-refractivity contribution in [2.45, 2.75) is 0 Å². The van der Waals surface area contributed by atoms with Crippen molar-refractivity contribution >= 4 is 38.5 Å². The number of benzene rings is 2. The van der Waals surface area contributed by atoms with Crippen LogP contribution < -0.4 is 9.04 Å². The second-order valence-electron chi connectivity index (χ2n) is 6.29. The second kappa shape index (κ2) is 7.96. The second-order valence-corrected chi connectivity index (χ2v) is 8.19. The number of ether oxygens (including phenoxy) is 2. The van der Waals surface area contributed by atoms with E-state index in [1.807, 2.05) is 0 Å². The SMILES string of the molecule is COC(=O)c1cn(C(=O)CN(c2cccc(OC)c2)S(C)(=O)=O)c2ccccc12. The lowest BCUT2D eigenvalue weighted by atomic mass is 10.2. The van der Waals surface area contributed by atoms with Crippen LogP contribution in [0.4, 0.5) is 5.69 Å². The van der Waals surface area contributed by atoms with Gasteiger partial charge in [-0.25, -0.2) is 13.2 Å². The predicted molar refractivity (Wildman–Crippen MR) is 109 cm³/mol. The van der Waals surface area contributed by atoms with E-state index >= 15 is 0 Å². The number of hydrogen-bond donors (Lipinski definition) is 0. The average Bonchev–Trinajstić information content (AvgIpc) is 3.10. The zero-order chi connectivity index (χ0) is 21.2. The van der Waals surface area contributed by atoms with Crippen LogP contribution in [-0.4, -0.2) is 51.9 Å². The molecule has 29 heavy (non-hydrogen) atoms. The van der Waals surface area contributed by atoms with Crippen LogP contribution in [0.1, 0.15) is 15.2 Å². The largest absolute Gasteiger partial charge is 0.497 e. The van der Waals surface area contributed by atoms with Crippen molar-refractivity contribution in [2.24, 2.45) is 0 Å². The Morgan fingerprint density at radius 2 is 1.79 bits per heavy atom. The molecule has 1 heterocycles. The quantitative estimate of drug-likeness (QED) is 0.573. The van der Waals surface area contributed by atoms with Crippen LogP contribution >= 0.6 is 0 Å². The molecule has 0 aliphatic heterocycles. The molecule has 0 saturated carbocycles. The highest BCUT2D eigenvalue weighted by atomic mass is 32.2. The van der Waals surface area contributed by atoms with Crippen LogP contribution in [0.3, 0.4) is 0 Å². The molecule has 3 aromatic rings. The van der Waals surface area contributed by atoms with Gasteiger partial charge in [-0.15, -0.1) is 0 Å². The summed E-state index contributed by atoms with van der Waals surface area (Å²) in [4.78, 5) is 25.1. The Labute approximate surface area is 168 Å². The number of aromatic nitrogens is 1. The molecule has 0 spiro atoms. The molecule has 9 heteroatoms. The van der Waals surface area contributed by atoms with Crippen LogP contribution in [0.25, 0.3) is 10.9 Å². The number of rotatable bonds is 6. The van der Waals surface area contributed by atoms with Crippen LogP contribution in [-0.2, 0) is 14.8 Å². The van der Waals surface area contributed by atoms with Gasteiger partial charge in [0.1, 0.15) is 12.3 Å². The number of sulfonamides is 1. The Morgan fingerprint density at radius 3 is 2.45 bits per heavy atom. The van der Waals surface area contributed by atoms with E-state index in [0.717, 1.165) is 10.6 Å². The summed E-state index contributed by atoms with van der Waals surface area (Å²) in [5, 5.41) is 0.542. The fraction of sp³-hybridized carbons (Fsp3) is 0.200. The fourth-order valence-corrected chi connectivity index (χ4v) is 3.86. The van der Waals surface area contributed by atoms with Gasteiger partial charge >= 0.3 is 5.97 Å². The summed E-state index contributed by atoms with van der Waals surface area (Å²) < 4.78 is 36.9. The number of carbonyl (C=O) groups is 2. The number of methoxy groups -OCH3 is 2. The average molecular weight is 416 g/mol. The first kappa shape index (κ1) is 20.4. The summed E-state index contributed by atoms with van der Waals surface area (Å²) in [5.74, 6) is -0.645. The van der Waals surface area contributed by atoms with Crippen LogP contribution in [0.5, 0.6) is 5.75 Å². The van der Waals surface area contributed by atoms with Crippen LogP contribution in [0.2, 0.25) is 0 Å². The molecule has 152 valence electrons. The van der Waals surface area contributed by atoms with Crippen molar-refractivity contribution < 1.29 is 27.5 Å². The first-order valence-electron chi connectivity index (χ1n) is 8.59. The van der Waals surface area contributed by atoms with Gasteiger partial charge in [-0.05, 0) is 18.2 Å². The van der Waals surface area contributed by atoms with Crippen molar-refractivity contribution in [1.29, 1.82) is 0 Å². The Hall–Kier alpha value is -3.33. The lowest BCUT2D eigenvalue weighted by molar-refractivity contribution is 0.0603. The molecule has 0 N–H and O–H groups in total. The minimum absolute atomic E-state index is 0.226. The van der Waals surface area contributed by atoms with E-state index in [4.69, 9.17) is 9.47 Å². The molecule has 3 rings (SSSR count). The zero-order valence-electron chi connectivity index (χ0n) is 16.2. The Bertz CT molecular complexity index is 1180. The number of para-hydroxylation sites is 1. The monoisotopic (exact) mass is 416 g/mol. The van der Waals surface area contributed by atoms with Gasteiger partial charge in [-0.3, -0.25) is 13.7 Å². The minimum atomic E-state index is -3.76. The number of fused-ring (bicyclic) bond motifs is 1. The molecule has 0 saturated heterocycles. The molecule has 0 fully saturated rings. The molecule has 0 amide bonds. The van der Waals surface area contributed by atoms with E-state index in [0.29, 0.717) is 22.3 Å². The lowest BCUT2D eigenvalue weighted by Crippen LogP contribution is -2.36. The number of anilines is 1. The standard InChI is InChI=1S/C20H20N2O6S/c1-27-15-8-6-7-14(11-15)22(29(3,25)26)13-19(23)21-12-17(20(24)28-2)16-9-4-5-10-18(16)21/h4-12H,13H2,1-3H3. The maximum atomic E-state index is 13.0. The van der Waals surface area contributed by atoms with Gasteiger partial charge in [-0.1, -0.05) is 24.3 Å². The highest BCUT2D eigenvalue weighted by molar-refractivity contribution is 7.92. The van der Waals surface area contributed by atoms with Gasteiger partial charge in [0.15, 0.2) is 0 Å². The van der Waals surface area contributed by atoms with Gasteiger partial charge < -0.3 is 9.47 Å². The molecular weight excluding hydrogens is 396 g/mol. The fourth-order valence-electron chi connectivity index (χ4n) is 3.02. The number of hydrogen-bond acceptors (Lipinski definition) is 6. The topological polar surface area (TPSA) is 94.9 Å². The summed E-state index contributed by atoms with van der Waals surface area (Å²) in [6.07, 6.45) is 2.39. The van der Waals surface area contributed by atoms with E-state index in [1.54, 1.807) is 42.5 Å². The zero-order valence-corrected chi connectivity index (χ0v) is 17.0. The molecule has 0 unspecified atom stereocenters. The minimum Gasteiger partial charge on any atom is -0.497 e. The molecule has 0 atom stereocenters.